The van der Waals surface area contributed by atoms with Gasteiger partial charge in [0.1, 0.15) is 11.9 Å². The summed E-state index contributed by atoms with van der Waals surface area (Å²) in [7, 11) is 0. The highest BCUT2D eigenvalue weighted by Gasteiger charge is 2.22. The van der Waals surface area contributed by atoms with E-state index in [0.717, 1.165) is 17.0 Å². The zero-order chi connectivity index (χ0) is 21.8. The van der Waals surface area contributed by atoms with Gasteiger partial charge in [-0.3, -0.25) is 14.6 Å². The van der Waals surface area contributed by atoms with Gasteiger partial charge in [-0.1, -0.05) is 26.0 Å². The van der Waals surface area contributed by atoms with Gasteiger partial charge in [-0.05, 0) is 36.6 Å². The van der Waals surface area contributed by atoms with Crippen LogP contribution in [0.15, 0.2) is 42.6 Å². The minimum absolute atomic E-state index is 0.0504. The molecule has 0 aliphatic rings. The molecule has 0 bridgehead atoms. The van der Waals surface area contributed by atoms with Crippen LogP contribution in [0.4, 0.5) is 21.7 Å². The molecule has 8 nitrogen and oxygen atoms in total. The summed E-state index contributed by atoms with van der Waals surface area (Å²) in [6.07, 6.45) is 2.06. The largest absolute Gasteiger partial charge is 0.368 e. The number of hydrogen-bond acceptors (Lipinski definition) is 6. The number of anilines is 3. The molecule has 0 aliphatic heterocycles. The SMILES string of the molecule is CC(C)CC(Nc1nc(Nc2ccc3cccnc3c2)c(C(N)=O)cc1F)C(N)=O. The lowest BCUT2D eigenvalue weighted by molar-refractivity contribution is -0.119. The maximum atomic E-state index is 14.6. The van der Waals surface area contributed by atoms with E-state index in [0.29, 0.717) is 12.1 Å². The Morgan fingerprint density at radius 3 is 2.57 bits per heavy atom. The van der Waals surface area contributed by atoms with Crippen LogP contribution in [0, 0.1) is 11.7 Å². The third-order valence-electron chi connectivity index (χ3n) is 4.47. The molecule has 2 amide bonds. The molecule has 156 valence electrons. The van der Waals surface area contributed by atoms with Gasteiger partial charge >= 0.3 is 0 Å². The predicted molar refractivity (Wildman–Crippen MR) is 114 cm³/mol. The number of carbonyl (C=O) groups is 2. The Labute approximate surface area is 172 Å². The number of hydrogen-bond donors (Lipinski definition) is 4. The van der Waals surface area contributed by atoms with Gasteiger partial charge in [0.15, 0.2) is 11.6 Å². The van der Waals surface area contributed by atoms with E-state index in [4.69, 9.17) is 11.5 Å². The molecule has 30 heavy (non-hydrogen) atoms. The molecule has 1 aromatic carbocycles. The first-order valence-electron chi connectivity index (χ1n) is 9.42. The van der Waals surface area contributed by atoms with Crippen LogP contribution in [-0.4, -0.2) is 27.8 Å². The lowest BCUT2D eigenvalue weighted by atomic mass is 10.0. The number of aromatic nitrogens is 2. The Kier molecular flexibility index (Phi) is 6.10. The summed E-state index contributed by atoms with van der Waals surface area (Å²) in [6, 6.07) is 9.30. The Hall–Kier alpha value is -3.75. The van der Waals surface area contributed by atoms with Gasteiger partial charge in [-0.25, -0.2) is 9.37 Å². The highest BCUT2D eigenvalue weighted by molar-refractivity contribution is 5.99. The molecule has 0 aliphatic carbocycles. The third kappa shape index (κ3) is 4.80. The number of benzene rings is 1. The molecule has 3 rings (SSSR count). The average molecular weight is 410 g/mol. The van der Waals surface area contributed by atoms with E-state index in [1.165, 1.54) is 0 Å². The standard InChI is InChI=1S/C21H23FN6O2/c1-11(2)8-17(19(24)30)27-21-15(22)10-14(18(23)29)20(28-21)26-13-6-5-12-4-3-7-25-16(12)9-13/h3-7,9-11,17H,8H2,1-2H3,(H2,23,29)(H2,24,30)(H2,26,27,28). The topological polar surface area (TPSA) is 136 Å². The number of halogens is 1. The fourth-order valence-electron chi connectivity index (χ4n) is 3.04. The smallest absolute Gasteiger partial charge is 0.252 e. The Morgan fingerprint density at radius 2 is 1.90 bits per heavy atom. The quantitative estimate of drug-likeness (QED) is 0.451. The molecule has 3 aromatic rings. The number of amides is 2. The molecule has 2 heterocycles. The summed E-state index contributed by atoms with van der Waals surface area (Å²) < 4.78 is 14.6. The predicted octanol–water partition coefficient (Wildman–Crippen LogP) is 2.92. The van der Waals surface area contributed by atoms with Crippen molar-refractivity contribution in [2.75, 3.05) is 10.6 Å². The molecule has 1 unspecified atom stereocenters. The Bertz CT molecular complexity index is 1100. The fraction of sp³-hybridized carbons (Fsp3) is 0.238. The second kappa shape index (κ2) is 8.73. The number of primary amides is 2. The van der Waals surface area contributed by atoms with E-state index in [2.05, 4.69) is 20.6 Å². The second-order valence-corrected chi connectivity index (χ2v) is 7.34. The van der Waals surface area contributed by atoms with Crippen molar-refractivity contribution >= 4 is 40.0 Å². The van der Waals surface area contributed by atoms with Gasteiger partial charge < -0.3 is 22.1 Å². The molecular formula is C21H23FN6O2. The first-order chi connectivity index (χ1) is 14.2. The summed E-state index contributed by atoms with van der Waals surface area (Å²) in [5, 5.41) is 6.65. The molecule has 9 heteroatoms. The fourth-order valence-corrected chi connectivity index (χ4v) is 3.04. The molecule has 6 N–H and O–H groups in total. The highest BCUT2D eigenvalue weighted by atomic mass is 19.1. The highest BCUT2D eigenvalue weighted by Crippen LogP contribution is 2.26. The molecule has 0 saturated heterocycles. The molecule has 0 spiro atoms. The second-order valence-electron chi connectivity index (χ2n) is 7.34. The number of nitrogens with two attached hydrogens (primary N) is 2. The molecule has 0 radical (unpaired) electrons. The van der Waals surface area contributed by atoms with Crippen molar-refractivity contribution < 1.29 is 14.0 Å². The molecule has 0 fully saturated rings. The van der Waals surface area contributed by atoms with Crippen LogP contribution in [0.2, 0.25) is 0 Å². The van der Waals surface area contributed by atoms with Gasteiger partial charge in [-0.2, -0.15) is 0 Å². The van der Waals surface area contributed by atoms with Crippen molar-refractivity contribution in [2.45, 2.75) is 26.3 Å². The van der Waals surface area contributed by atoms with Crippen molar-refractivity contribution in [1.29, 1.82) is 0 Å². The Balaban J connectivity index is 1.98. The lowest BCUT2D eigenvalue weighted by Crippen LogP contribution is -2.37. The number of carbonyl (C=O) groups excluding carboxylic acids is 2. The zero-order valence-corrected chi connectivity index (χ0v) is 16.6. The number of nitrogens with one attached hydrogen (secondary N) is 2. The first kappa shape index (κ1) is 21.0. The minimum atomic E-state index is -0.844. The summed E-state index contributed by atoms with van der Waals surface area (Å²) in [6.45, 7) is 3.83. The van der Waals surface area contributed by atoms with E-state index >= 15 is 0 Å². The zero-order valence-electron chi connectivity index (χ0n) is 16.6. The van der Waals surface area contributed by atoms with Crippen LogP contribution >= 0.6 is 0 Å². The van der Waals surface area contributed by atoms with Crippen LogP contribution in [0.3, 0.4) is 0 Å². The number of nitrogens with zero attached hydrogens (tertiary/aromatic N) is 2. The average Bonchev–Trinajstić information content (AvgIpc) is 2.69. The number of fused-ring (bicyclic) bond motifs is 1. The van der Waals surface area contributed by atoms with Gasteiger partial charge in [-0.15, -0.1) is 0 Å². The molecule has 2 aromatic heterocycles. The van der Waals surface area contributed by atoms with E-state index in [1.807, 2.05) is 32.0 Å². The van der Waals surface area contributed by atoms with Gasteiger partial charge in [0.05, 0.1) is 11.1 Å². The summed E-state index contributed by atoms with van der Waals surface area (Å²) in [5.41, 5.74) is 12.0. The Morgan fingerprint density at radius 1 is 1.13 bits per heavy atom. The molecule has 0 saturated carbocycles. The normalized spacial score (nSPS) is 12.0. The van der Waals surface area contributed by atoms with Gasteiger partial charge in [0.2, 0.25) is 5.91 Å². The van der Waals surface area contributed by atoms with Gasteiger partial charge in [0, 0.05) is 17.3 Å². The van der Waals surface area contributed by atoms with Crippen LogP contribution in [0.25, 0.3) is 10.9 Å². The van der Waals surface area contributed by atoms with Crippen molar-refractivity contribution in [2.24, 2.45) is 17.4 Å². The number of rotatable bonds is 8. The van der Waals surface area contributed by atoms with Crippen molar-refractivity contribution in [3.05, 3.63) is 54.0 Å². The maximum absolute atomic E-state index is 14.6. The van der Waals surface area contributed by atoms with E-state index in [-0.39, 0.29) is 23.1 Å². The van der Waals surface area contributed by atoms with E-state index in [9.17, 15) is 14.0 Å². The van der Waals surface area contributed by atoms with Crippen molar-refractivity contribution in [3.63, 3.8) is 0 Å². The van der Waals surface area contributed by atoms with Crippen LogP contribution in [0.5, 0.6) is 0 Å². The van der Waals surface area contributed by atoms with E-state index in [1.54, 1.807) is 18.3 Å². The molecular weight excluding hydrogens is 387 g/mol. The van der Waals surface area contributed by atoms with Crippen molar-refractivity contribution in [3.8, 4) is 0 Å². The maximum Gasteiger partial charge on any atom is 0.252 e. The summed E-state index contributed by atoms with van der Waals surface area (Å²) in [4.78, 5) is 32.0. The third-order valence-corrected chi connectivity index (χ3v) is 4.47. The minimum Gasteiger partial charge on any atom is -0.368 e. The lowest BCUT2D eigenvalue weighted by Gasteiger charge is -2.19. The monoisotopic (exact) mass is 410 g/mol. The summed E-state index contributed by atoms with van der Waals surface area (Å²) >= 11 is 0. The van der Waals surface area contributed by atoms with Gasteiger partial charge in [0.25, 0.3) is 5.91 Å². The van der Waals surface area contributed by atoms with Crippen LogP contribution in [-0.2, 0) is 4.79 Å². The summed E-state index contributed by atoms with van der Waals surface area (Å²) in [5.74, 6) is -2.29. The first-order valence-corrected chi connectivity index (χ1v) is 9.42. The molecule has 1 atom stereocenters. The van der Waals surface area contributed by atoms with Crippen LogP contribution in [0.1, 0.15) is 30.6 Å². The number of pyridine rings is 2. The van der Waals surface area contributed by atoms with Crippen LogP contribution < -0.4 is 22.1 Å². The van der Waals surface area contributed by atoms with Crippen molar-refractivity contribution in [1.82, 2.24) is 9.97 Å². The van der Waals surface area contributed by atoms with E-state index < -0.39 is 23.7 Å².